The molecule has 0 N–H and O–H groups in total. The number of benzene rings is 2. The largest absolute Gasteiger partial charge is 0.309 e. The highest BCUT2D eigenvalue weighted by Gasteiger charge is 2.31. The van der Waals surface area contributed by atoms with Crippen LogP contribution in [0.4, 0.5) is 11.4 Å². The molecule has 26 heavy (non-hydrogen) atoms. The lowest BCUT2D eigenvalue weighted by Crippen LogP contribution is -2.27. The lowest BCUT2D eigenvalue weighted by Gasteiger charge is -2.15. The molecule has 0 aliphatic carbocycles. The Morgan fingerprint density at radius 3 is 2.50 bits per heavy atom. The van der Waals surface area contributed by atoms with E-state index >= 15 is 0 Å². The van der Waals surface area contributed by atoms with Crippen LogP contribution in [0, 0.1) is 0 Å². The van der Waals surface area contributed by atoms with Crippen LogP contribution >= 0.6 is 0 Å². The summed E-state index contributed by atoms with van der Waals surface area (Å²) in [6.07, 6.45) is 1.78. The maximum absolute atomic E-state index is 12.7. The number of amides is 1. The van der Waals surface area contributed by atoms with Crippen molar-refractivity contribution in [1.82, 2.24) is 4.31 Å². The molecular formula is C19H19N3O3S. The zero-order chi connectivity index (χ0) is 18.3. The third-order valence-electron chi connectivity index (χ3n) is 4.79. The van der Waals surface area contributed by atoms with E-state index < -0.39 is 10.0 Å². The lowest BCUT2D eigenvalue weighted by atomic mass is 10.1. The molecule has 4 rings (SSSR count). The molecule has 6 nitrogen and oxygen atoms in total. The molecule has 1 fully saturated rings. The van der Waals surface area contributed by atoms with Gasteiger partial charge in [-0.25, -0.2) is 13.4 Å². The number of fused-ring (bicyclic) bond motifs is 1. The molecule has 0 bridgehead atoms. The molecule has 0 aromatic heterocycles. The van der Waals surface area contributed by atoms with Gasteiger partial charge < -0.3 is 4.90 Å². The summed E-state index contributed by atoms with van der Waals surface area (Å²) in [5, 5.41) is 0. The number of carbonyl (C=O) groups is 1. The Balaban J connectivity index is 1.74. The Bertz CT molecular complexity index is 1010. The summed E-state index contributed by atoms with van der Waals surface area (Å²) in [5.41, 5.74) is 2.35. The number of likely N-dealkylation sites (N-methyl/N-ethyl adjacent to an activating group) is 1. The van der Waals surface area contributed by atoms with Gasteiger partial charge in [0.15, 0.2) is 0 Å². The van der Waals surface area contributed by atoms with Crippen LogP contribution in [0.25, 0.3) is 0 Å². The van der Waals surface area contributed by atoms with Crippen molar-refractivity contribution in [2.75, 3.05) is 25.0 Å². The van der Waals surface area contributed by atoms with E-state index in [0.717, 1.165) is 24.1 Å². The van der Waals surface area contributed by atoms with Crippen molar-refractivity contribution >= 4 is 33.0 Å². The molecule has 1 amide bonds. The Morgan fingerprint density at radius 1 is 1.00 bits per heavy atom. The van der Waals surface area contributed by atoms with Gasteiger partial charge in [0.25, 0.3) is 5.91 Å². The maximum Gasteiger partial charge on any atom is 0.277 e. The van der Waals surface area contributed by atoms with Gasteiger partial charge in [-0.3, -0.25) is 4.79 Å². The zero-order valence-corrected chi connectivity index (χ0v) is 15.2. The van der Waals surface area contributed by atoms with Crippen molar-refractivity contribution < 1.29 is 13.2 Å². The lowest BCUT2D eigenvalue weighted by molar-refractivity contribution is -0.111. The van der Waals surface area contributed by atoms with Crippen molar-refractivity contribution in [3.05, 3.63) is 54.1 Å². The third-order valence-corrected chi connectivity index (χ3v) is 6.68. The summed E-state index contributed by atoms with van der Waals surface area (Å²) < 4.78 is 27.0. The SMILES string of the molecule is CN1C(=O)C(=Nc2cccc(S(=O)(=O)N3CCCC3)c2)c2ccccc21. The second-order valence-electron chi connectivity index (χ2n) is 6.45. The van der Waals surface area contributed by atoms with E-state index in [1.54, 1.807) is 30.1 Å². The van der Waals surface area contributed by atoms with Crippen molar-refractivity contribution in [3.63, 3.8) is 0 Å². The zero-order valence-electron chi connectivity index (χ0n) is 14.4. The van der Waals surface area contributed by atoms with E-state index in [1.165, 1.54) is 10.4 Å². The van der Waals surface area contributed by atoms with Crippen LogP contribution in [-0.4, -0.2) is 44.5 Å². The molecule has 0 saturated carbocycles. The molecule has 0 radical (unpaired) electrons. The predicted octanol–water partition coefficient (Wildman–Crippen LogP) is 2.57. The van der Waals surface area contributed by atoms with Gasteiger partial charge in [-0.15, -0.1) is 0 Å². The molecule has 0 spiro atoms. The Labute approximate surface area is 152 Å². The summed E-state index contributed by atoms with van der Waals surface area (Å²) in [6.45, 7) is 1.11. The van der Waals surface area contributed by atoms with E-state index in [9.17, 15) is 13.2 Å². The number of carbonyl (C=O) groups excluding carboxylic acids is 1. The Morgan fingerprint density at radius 2 is 1.73 bits per heavy atom. The molecule has 0 unspecified atom stereocenters. The summed E-state index contributed by atoms with van der Waals surface area (Å²) in [6, 6.07) is 13.9. The van der Waals surface area contributed by atoms with Crippen LogP contribution in [0.15, 0.2) is 58.4 Å². The topological polar surface area (TPSA) is 70.0 Å². The fourth-order valence-electron chi connectivity index (χ4n) is 3.38. The molecule has 2 aromatic rings. The van der Waals surface area contributed by atoms with Gasteiger partial charge in [-0.2, -0.15) is 4.31 Å². The number of aliphatic imine (C=N–C) groups is 1. The highest BCUT2D eigenvalue weighted by molar-refractivity contribution is 7.89. The Kier molecular flexibility index (Phi) is 4.13. The Hall–Kier alpha value is -2.51. The minimum Gasteiger partial charge on any atom is -0.309 e. The van der Waals surface area contributed by atoms with Crippen LogP contribution in [0.3, 0.4) is 0 Å². The third kappa shape index (κ3) is 2.73. The van der Waals surface area contributed by atoms with Gasteiger partial charge in [0.1, 0.15) is 5.71 Å². The number of sulfonamides is 1. The van der Waals surface area contributed by atoms with Crippen LogP contribution < -0.4 is 4.90 Å². The number of nitrogens with zero attached hydrogens (tertiary/aromatic N) is 3. The molecular weight excluding hydrogens is 350 g/mol. The first-order valence-electron chi connectivity index (χ1n) is 8.55. The first kappa shape index (κ1) is 16.9. The quantitative estimate of drug-likeness (QED) is 0.835. The molecule has 7 heteroatoms. The highest BCUT2D eigenvalue weighted by atomic mass is 32.2. The molecule has 2 aliphatic rings. The average molecular weight is 369 g/mol. The predicted molar refractivity (Wildman–Crippen MR) is 100 cm³/mol. The van der Waals surface area contributed by atoms with Crippen molar-refractivity contribution in [2.45, 2.75) is 17.7 Å². The normalized spacial score (nSPS) is 19.3. The summed E-state index contributed by atoms with van der Waals surface area (Å²) >= 11 is 0. The van der Waals surface area contributed by atoms with Crippen LogP contribution in [0.2, 0.25) is 0 Å². The van der Waals surface area contributed by atoms with E-state index in [0.29, 0.717) is 24.5 Å². The highest BCUT2D eigenvalue weighted by Crippen LogP contribution is 2.30. The van der Waals surface area contributed by atoms with Gasteiger partial charge in [0, 0.05) is 25.7 Å². The fraction of sp³-hybridized carbons (Fsp3) is 0.263. The fourth-order valence-corrected chi connectivity index (χ4v) is 4.94. The second kappa shape index (κ2) is 6.34. The van der Waals surface area contributed by atoms with Gasteiger partial charge in [-0.1, -0.05) is 24.3 Å². The first-order chi connectivity index (χ1) is 12.5. The second-order valence-corrected chi connectivity index (χ2v) is 8.39. The number of hydrogen-bond acceptors (Lipinski definition) is 4. The van der Waals surface area contributed by atoms with Gasteiger partial charge in [0.05, 0.1) is 16.3 Å². The van der Waals surface area contributed by atoms with E-state index in [2.05, 4.69) is 4.99 Å². The maximum atomic E-state index is 12.7. The van der Waals surface area contributed by atoms with Gasteiger partial charge in [0.2, 0.25) is 10.0 Å². The smallest absolute Gasteiger partial charge is 0.277 e. The molecule has 2 aromatic carbocycles. The van der Waals surface area contributed by atoms with Crippen LogP contribution in [0.5, 0.6) is 0 Å². The van der Waals surface area contributed by atoms with Gasteiger partial charge >= 0.3 is 0 Å². The monoisotopic (exact) mass is 369 g/mol. The minimum absolute atomic E-state index is 0.195. The standard InChI is InChI=1S/C19H19N3O3S/c1-21-17-10-3-2-9-16(17)18(19(21)23)20-14-7-6-8-15(13-14)26(24,25)22-11-4-5-12-22/h2-3,6-10,13H,4-5,11-12H2,1H3. The van der Waals surface area contributed by atoms with Crippen LogP contribution in [0.1, 0.15) is 18.4 Å². The molecule has 134 valence electrons. The summed E-state index contributed by atoms with van der Waals surface area (Å²) in [4.78, 5) is 18.8. The number of para-hydroxylation sites is 1. The van der Waals surface area contributed by atoms with Gasteiger partial charge in [-0.05, 0) is 37.1 Å². The number of anilines is 1. The molecule has 0 atom stereocenters. The summed E-state index contributed by atoms with van der Waals surface area (Å²) in [7, 11) is -1.80. The first-order valence-corrected chi connectivity index (χ1v) is 9.99. The minimum atomic E-state index is -3.51. The van der Waals surface area contributed by atoms with E-state index in [1.807, 2.05) is 24.3 Å². The molecule has 2 aliphatic heterocycles. The van der Waals surface area contributed by atoms with Crippen molar-refractivity contribution in [3.8, 4) is 0 Å². The van der Waals surface area contributed by atoms with Crippen molar-refractivity contribution in [1.29, 1.82) is 0 Å². The number of hydrogen-bond donors (Lipinski definition) is 0. The summed E-state index contributed by atoms with van der Waals surface area (Å²) in [5.74, 6) is -0.195. The number of rotatable bonds is 3. The van der Waals surface area contributed by atoms with Crippen molar-refractivity contribution in [2.24, 2.45) is 4.99 Å². The molecule has 2 heterocycles. The molecule has 1 saturated heterocycles. The van der Waals surface area contributed by atoms with Crippen LogP contribution in [-0.2, 0) is 14.8 Å². The van der Waals surface area contributed by atoms with E-state index in [4.69, 9.17) is 0 Å². The average Bonchev–Trinajstić information content (AvgIpc) is 3.27. The van der Waals surface area contributed by atoms with E-state index in [-0.39, 0.29) is 10.8 Å².